The Kier molecular flexibility index (Phi) is 5.20. The molecule has 0 aliphatic rings. The van der Waals surface area contributed by atoms with E-state index < -0.39 is 0 Å². The van der Waals surface area contributed by atoms with E-state index >= 15 is 0 Å². The van der Waals surface area contributed by atoms with Gasteiger partial charge in [-0.3, -0.25) is 9.59 Å². The Hall–Kier alpha value is -2.30. The van der Waals surface area contributed by atoms with Crippen LogP contribution in [0.1, 0.15) is 31.5 Å². The molecule has 0 saturated heterocycles. The topological polar surface area (TPSA) is 71.2 Å². The summed E-state index contributed by atoms with van der Waals surface area (Å²) in [5, 5.41) is 3.83. The summed E-state index contributed by atoms with van der Waals surface area (Å²) < 4.78 is 5.02. The van der Waals surface area contributed by atoms with E-state index in [0.717, 1.165) is 22.2 Å². The molecule has 0 atom stereocenters. The first kappa shape index (κ1) is 16.1. The monoisotopic (exact) mass is 302 g/mol. The molecule has 1 heterocycles. The molecular weight excluding hydrogens is 280 g/mol. The SMILES string of the molecule is Cc1[nH]c2ccccc2c1CC(=O)NCCC(=O)OC(C)C. The number of rotatable bonds is 6. The summed E-state index contributed by atoms with van der Waals surface area (Å²) in [7, 11) is 0. The minimum atomic E-state index is -0.293. The van der Waals surface area contributed by atoms with Crippen molar-refractivity contribution < 1.29 is 14.3 Å². The van der Waals surface area contributed by atoms with E-state index in [2.05, 4.69) is 10.3 Å². The van der Waals surface area contributed by atoms with Crippen LogP contribution in [0.2, 0.25) is 0 Å². The first-order valence-electron chi connectivity index (χ1n) is 7.49. The summed E-state index contributed by atoms with van der Waals surface area (Å²) in [6.45, 7) is 5.86. The van der Waals surface area contributed by atoms with E-state index in [4.69, 9.17) is 4.74 Å². The van der Waals surface area contributed by atoms with Crippen molar-refractivity contribution >= 4 is 22.8 Å². The zero-order valence-electron chi connectivity index (χ0n) is 13.2. The molecule has 1 amide bonds. The molecule has 118 valence electrons. The number of aromatic amines is 1. The van der Waals surface area contributed by atoms with Crippen LogP contribution >= 0.6 is 0 Å². The molecular formula is C17H22N2O3. The van der Waals surface area contributed by atoms with Crippen molar-refractivity contribution in [3.8, 4) is 0 Å². The van der Waals surface area contributed by atoms with Gasteiger partial charge in [-0.15, -0.1) is 0 Å². The van der Waals surface area contributed by atoms with Crippen molar-refractivity contribution in [3.63, 3.8) is 0 Å². The lowest BCUT2D eigenvalue weighted by Gasteiger charge is -2.08. The average Bonchev–Trinajstić information content (AvgIpc) is 2.74. The number of amides is 1. The van der Waals surface area contributed by atoms with Crippen LogP contribution in [-0.4, -0.2) is 29.5 Å². The second kappa shape index (κ2) is 7.11. The summed E-state index contributed by atoms with van der Waals surface area (Å²) >= 11 is 0. The Balaban J connectivity index is 1.89. The summed E-state index contributed by atoms with van der Waals surface area (Å²) in [4.78, 5) is 26.7. The fourth-order valence-electron chi connectivity index (χ4n) is 2.41. The number of carbonyl (C=O) groups is 2. The van der Waals surface area contributed by atoms with Gasteiger partial charge in [-0.2, -0.15) is 0 Å². The molecule has 0 unspecified atom stereocenters. The lowest BCUT2D eigenvalue weighted by molar-refractivity contribution is -0.147. The van der Waals surface area contributed by atoms with Crippen LogP contribution in [0.15, 0.2) is 24.3 Å². The molecule has 0 bridgehead atoms. The van der Waals surface area contributed by atoms with Gasteiger partial charge in [0.1, 0.15) is 0 Å². The maximum atomic E-state index is 12.0. The van der Waals surface area contributed by atoms with Gasteiger partial charge in [-0.05, 0) is 32.4 Å². The molecule has 0 aliphatic heterocycles. The van der Waals surface area contributed by atoms with E-state index in [1.165, 1.54) is 0 Å². The highest BCUT2D eigenvalue weighted by Gasteiger charge is 2.12. The molecule has 1 aromatic heterocycles. The molecule has 0 spiro atoms. The van der Waals surface area contributed by atoms with Crippen LogP contribution in [-0.2, 0) is 20.7 Å². The van der Waals surface area contributed by atoms with Crippen molar-refractivity contribution in [2.45, 2.75) is 39.7 Å². The van der Waals surface area contributed by atoms with Gasteiger partial charge in [0.05, 0.1) is 18.9 Å². The molecule has 2 N–H and O–H groups in total. The van der Waals surface area contributed by atoms with Crippen molar-refractivity contribution in [2.24, 2.45) is 0 Å². The lowest BCUT2D eigenvalue weighted by atomic mass is 10.1. The summed E-state index contributed by atoms with van der Waals surface area (Å²) in [5.41, 5.74) is 3.02. The number of nitrogens with one attached hydrogen (secondary N) is 2. The molecule has 0 saturated carbocycles. The molecule has 5 nitrogen and oxygen atoms in total. The number of benzene rings is 1. The normalized spacial score (nSPS) is 10.9. The second-order valence-corrected chi connectivity index (χ2v) is 5.59. The molecule has 2 aromatic rings. The summed E-state index contributed by atoms with van der Waals surface area (Å²) in [5.74, 6) is -0.385. The highest BCUT2D eigenvalue weighted by atomic mass is 16.5. The first-order chi connectivity index (χ1) is 10.5. The Morgan fingerprint density at radius 2 is 2.00 bits per heavy atom. The van der Waals surface area contributed by atoms with Crippen molar-refractivity contribution in [2.75, 3.05) is 6.54 Å². The van der Waals surface area contributed by atoms with Crippen LogP contribution in [0, 0.1) is 6.92 Å². The highest BCUT2D eigenvalue weighted by Crippen LogP contribution is 2.22. The fourth-order valence-corrected chi connectivity index (χ4v) is 2.41. The predicted molar refractivity (Wildman–Crippen MR) is 85.6 cm³/mol. The first-order valence-corrected chi connectivity index (χ1v) is 7.49. The van der Waals surface area contributed by atoms with Gasteiger partial charge in [0, 0.05) is 23.1 Å². The largest absolute Gasteiger partial charge is 0.463 e. The van der Waals surface area contributed by atoms with Gasteiger partial charge in [0.25, 0.3) is 0 Å². The van der Waals surface area contributed by atoms with Gasteiger partial charge in [-0.1, -0.05) is 18.2 Å². The number of aromatic nitrogens is 1. The van der Waals surface area contributed by atoms with Crippen molar-refractivity contribution in [1.29, 1.82) is 0 Å². The third kappa shape index (κ3) is 4.10. The lowest BCUT2D eigenvalue weighted by Crippen LogP contribution is -2.28. The third-order valence-corrected chi connectivity index (χ3v) is 3.38. The summed E-state index contributed by atoms with van der Waals surface area (Å²) in [6, 6.07) is 7.91. The Morgan fingerprint density at radius 3 is 2.73 bits per heavy atom. The highest BCUT2D eigenvalue weighted by molar-refractivity contribution is 5.90. The van der Waals surface area contributed by atoms with Gasteiger partial charge >= 0.3 is 5.97 Å². The number of esters is 1. The van der Waals surface area contributed by atoms with Crippen molar-refractivity contribution in [1.82, 2.24) is 10.3 Å². The van der Waals surface area contributed by atoms with Crippen LogP contribution < -0.4 is 5.32 Å². The minimum absolute atomic E-state index is 0.0924. The number of aryl methyl sites for hydroxylation is 1. The Morgan fingerprint density at radius 1 is 1.27 bits per heavy atom. The maximum Gasteiger partial charge on any atom is 0.307 e. The zero-order chi connectivity index (χ0) is 16.1. The van der Waals surface area contributed by atoms with E-state index in [0.29, 0.717) is 13.0 Å². The van der Waals surface area contributed by atoms with E-state index in [1.54, 1.807) is 13.8 Å². The second-order valence-electron chi connectivity index (χ2n) is 5.59. The molecule has 2 rings (SSSR count). The number of hydrogen-bond acceptors (Lipinski definition) is 3. The number of para-hydroxylation sites is 1. The van der Waals surface area contributed by atoms with Gasteiger partial charge in [0.2, 0.25) is 5.91 Å². The molecule has 0 fully saturated rings. The van der Waals surface area contributed by atoms with E-state index in [-0.39, 0.29) is 24.4 Å². The molecule has 5 heteroatoms. The molecule has 1 aromatic carbocycles. The summed E-state index contributed by atoms with van der Waals surface area (Å²) in [6.07, 6.45) is 0.364. The van der Waals surface area contributed by atoms with Crippen LogP contribution in [0.3, 0.4) is 0 Å². The predicted octanol–water partition coefficient (Wildman–Crippen LogP) is 2.48. The Bertz CT molecular complexity index is 674. The zero-order valence-corrected chi connectivity index (χ0v) is 13.2. The van der Waals surface area contributed by atoms with Crippen LogP contribution in [0.25, 0.3) is 10.9 Å². The van der Waals surface area contributed by atoms with Gasteiger partial charge < -0.3 is 15.0 Å². The van der Waals surface area contributed by atoms with Gasteiger partial charge in [-0.25, -0.2) is 0 Å². The smallest absolute Gasteiger partial charge is 0.307 e. The maximum absolute atomic E-state index is 12.0. The van der Waals surface area contributed by atoms with Crippen molar-refractivity contribution in [3.05, 3.63) is 35.5 Å². The Labute approximate surface area is 130 Å². The number of carbonyl (C=O) groups excluding carboxylic acids is 2. The quantitative estimate of drug-likeness (QED) is 0.805. The van der Waals surface area contributed by atoms with Crippen LogP contribution in [0.4, 0.5) is 0 Å². The third-order valence-electron chi connectivity index (χ3n) is 3.38. The minimum Gasteiger partial charge on any atom is -0.463 e. The number of ether oxygens (including phenoxy) is 1. The van der Waals surface area contributed by atoms with E-state index in [9.17, 15) is 9.59 Å². The number of fused-ring (bicyclic) bond motifs is 1. The molecule has 0 radical (unpaired) electrons. The fraction of sp³-hybridized carbons (Fsp3) is 0.412. The number of H-pyrrole nitrogens is 1. The number of hydrogen-bond donors (Lipinski definition) is 2. The van der Waals surface area contributed by atoms with Crippen LogP contribution in [0.5, 0.6) is 0 Å². The molecule has 0 aliphatic carbocycles. The van der Waals surface area contributed by atoms with Gasteiger partial charge in [0.15, 0.2) is 0 Å². The van der Waals surface area contributed by atoms with E-state index in [1.807, 2.05) is 31.2 Å². The average molecular weight is 302 g/mol. The molecule has 22 heavy (non-hydrogen) atoms. The standard InChI is InChI=1S/C17H22N2O3/c1-11(2)22-17(21)8-9-18-16(20)10-14-12(3)19-15-7-5-4-6-13(14)15/h4-7,11,19H,8-10H2,1-3H3,(H,18,20).